The van der Waals surface area contributed by atoms with Crippen molar-refractivity contribution in [2.75, 3.05) is 43.3 Å². The fourth-order valence-electron chi connectivity index (χ4n) is 3.23. The van der Waals surface area contributed by atoms with Crippen LogP contribution in [0.2, 0.25) is 0 Å². The molecule has 1 aromatic carbocycles. The summed E-state index contributed by atoms with van der Waals surface area (Å²) < 4.78 is 0. The number of nitrogens with one attached hydrogen (secondary N) is 2. The number of hydrogen-bond acceptors (Lipinski definition) is 7. The molecule has 1 unspecified atom stereocenters. The second-order valence-electron chi connectivity index (χ2n) is 7.31. The van der Waals surface area contributed by atoms with Crippen molar-refractivity contribution in [1.29, 1.82) is 0 Å². The zero-order valence-electron chi connectivity index (χ0n) is 16.4. The number of aromatic nitrogens is 3. The summed E-state index contributed by atoms with van der Waals surface area (Å²) >= 11 is 0. The van der Waals surface area contributed by atoms with E-state index in [1.807, 2.05) is 51.4 Å². The average molecular weight is 377 g/mol. The zero-order chi connectivity index (χ0) is 19.8. The summed E-state index contributed by atoms with van der Waals surface area (Å²) in [5.74, 6) is 2.11. The molecule has 0 saturated carbocycles. The maximum atomic E-state index is 11.3. The van der Waals surface area contributed by atoms with E-state index in [4.69, 9.17) is 0 Å². The third-order valence-electron chi connectivity index (χ3n) is 4.75. The number of β-lactam (4-membered cyclic amide) rings is 1. The van der Waals surface area contributed by atoms with E-state index in [1.54, 1.807) is 6.20 Å². The molecule has 0 aliphatic carbocycles. The molecule has 8 nitrogen and oxygen atoms in total. The summed E-state index contributed by atoms with van der Waals surface area (Å²) in [6.07, 6.45) is 4.11. The first-order valence-electron chi connectivity index (χ1n) is 9.08. The Hall–Kier alpha value is -3.42. The third-order valence-corrected chi connectivity index (χ3v) is 4.75. The molecular formula is C20H23N7O. The van der Waals surface area contributed by atoms with Gasteiger partial charge in [0.15, 0.2) is 0 Å². The van der Waals surface area contributed by atoms with Gasteiger partial charge in [-0.1, -0.05) is 0 Å². The van der Waals surface area contributed by atoms with Crippen LogP contribution in [0.1, 0.15) is 18.0 Å². The number of nitrogens with zero attached hydrogens (tertiary/aromatic N) is 5. The molecule has 1 aliphatic heterocycles. The van der Waals surface area contributed by atoms with E-state index in [-0.39, 0.29) is 11.9 Å². The molecule has 1 aliphatic rings. The van der Waals surface area contributed by atoms with Gasteiger partial charge in [-0.05, 0) is 35.2 Å². The second kappa shape index (κ2) is 6.95. The molecule has 144 valence electrons. The average Bonchev–Trinajstić information content (AvgIpc) is 2.64. The summed E-state index contributed by atoms with van der Waals surface area (Å²) in [6.45, 7) is 0. The quantitative estimate of drug-likeness (QED) is 0.661. The van der Waals surface area contributed by atoms with Gasteiger partial charge in [-0.3, -0.25) is 4.79 Å². The SMILES string of the molecule is CN(C)c1nccc(Nc2cc3cc(C4CC(=O)N4)cc(N(C)C)c3cn2)n1. The fourth-order valence-corrected chi connectivity index (χ4v) is 3.23. The van der Waals surface area contributed by atoms with Crippen LogP contribution in [0.25, 0.3) is 10.8 Å². The number of hydrogen-bond donors (Lipinski definition) is 2. The van der Waals surface area contributed by atoms with E-state index >= 15 is 0 Å². The molecule has 0 radical (unpaired) electrons. The smallest absolute Gasteiger partial charge is 0.226 e. The molecule has 1 fully saturated rings. The minimum absolute atomic E-state index is 0.0738. The highest BCUT2D eigenvalue weighted by Crippen LogP contribution is 2.34. The van der Waals surface area contributed by atoms with Gasteiger partial charge in [0.25, 0.3) is 0 Å². The van der Waals surface area contributed by atoms with E-state index < -0.39 is 0 Å². The molecular weight excluding hydrogens is 354 g/mol. The van der Waals surface area contributed by atoms with Crippen molar-refractivity contribution in [3.63, 3.8) is 0 Å². The summed E-state index contributed by atoms with van der Waals surface area (Å²) in [7, 11) is 7.81. The van der Waals surface area contributed by atoms with Crippen LogP contribution in [0.5, 0.6) is 0 Å². The number of benzene rings is 1. The number of amides is 1. The number of carbonyl (C=O) groups is 1. The van der Waals surface area contributed by atoms with E-state index in [0.29, 0.717) is 24.0 Å². The zero-order valence-corrected chi connectivity index (χ0v) is 16.4. The lowest BCUT2D eigenvalue weighted by molar-refractivity contribution is -0.128. The Morgan fingerprint density at radius 1 is 1.07 bits per heavy atom. The molecule has 28 heavy (non-hydrogen) atoms. The van der Waals surface area contributed by atoms with Gasteiger partial charge in [0.05, 0.1) is 12.5 Å². The number of rotatable bonds is 5. The molecule has 3 heterocycles. The molecule has 2 N–H and O–H groups in total. The lowest BCUT2D eigenvalue weighted by Gasteiger charge is -2.29. The van der Waals surface area contributed by atoms with Gasteiger partial charge in [0.2, 0.25) is 11.9 Å². The van der Waals surface area contributed by atoms with Crippen molar-refractivity contribution >= 4 is 40.0 Å². The van der Waals surface area contributed by atoms with Crippen LogP contribution in [0.4, 0.5) is 23.3 Å². The Morgan fingerprint density at radius 2 is 1.86 bits per heavy atom. The maximum Gasteiger partial charge on any atom is 0.226 e. The highest BCUT2D eigenvalue weighted by Gasteiger charge is 2.27. The molecule has 0 spiro atoms. The number of anilines is 4. The van der Waals surface area contributed by atoms with Crippen LogP contribution in [-0.2, 0) is 4.79 Å². The molecule has 2 aromatic heterocycles. The summed E-state index contributed by atoms with van der Waals surface area (Å²) in [5.41, 5.74) is 2.18. The molecule has 4 rings (SSSR count). The van der Waals surface area contributed by atoms with E-state index in [9.17, 15) is 4.79 Å². The molecule has 1 amide bonds. The Labute approximate surface area is 163 Å². The first-order valence-corrected chi connectivity index (χ1v) is 9.08. The first-order chi connectivity index (χ1) is 13.4. The lowest BCUT2D eigenvalue weighted by atomic mass is 9.94. The van der Waals surface area contributed by atoms with E-state index in [2.05, 4.69) is 42.6 Å². The van der Waals surface area contributed by atoms with Crippen LogP contribution in [-0.4, -0.2) is 49.0 Å². The van der Waals surface area contributed by atoms with Crippen molar-refractivity contribution in [1.82, 2.24) is 20.3 Å². The van der Waals surface area contributed by atoms with Crippen molar-refractivity contribution in [3.8, 4) is 0 Å². The molecule has 1 saturated heterocycles. The van der Waals surface area contributed by atoms with E-state index in [0.717, 1.165) is 22.0 Å². The molecule has 8 heteroatoms. The van der Waals surface area contributed by atoms with Gasteiger partial charge in [0.1, 0.15) is 11.6 Å². The number of fused-ring (bicyclic) bond motifs is 1. The largest absolute Gasteiger partial charge is 0.377 e. The van der Waals surface area contributed by atoms with Gasteiger partial charge in [-0.25, -0.2) is 9.97 Å². The minimum Gasteiger partial charge on any atom is -0.377 e. The van der Waals surface area contributed by atoms with Gasteiger partial charge >= 0.3 is 0 Å². The van der Waals surface area contributed by atoms with Crippen molar-refractivity contribution < 1.29 is 4.79 Å². The topological polar surface area (TPSA) is 86.3 Å². The second-order valence-corrected chi connectivity index (χ2v) is 7.31. The number of carbonyl (C=O) groups excluding carboxylic acids is 1. The summed E-state index contributed by atoms with van der Waals surface area (Å²) in [6, 6.07) is 8.12. The van der Waals surface area contributed by atoms with Gasteiger partial charge in [-0.2, -0.15) is 4.98 Å². The highest BCUT2D eigenvalue weighted by molar-refractivity contribution is 5.96. The minimum atomic E-state index is 0.0738. The monoisotopic (exact) mass is 377 g/mol. The fraction of sp³-hybridized carbons (Fsp3) is 0.300. The van der Waals surface area contributed by atoms with Gasteiger partial charge in [0, 0.05) is 51.7 Å². The Morgan fingerprint density at radius 3 is 2.54 bits per heavy atom. The predicted molar refractivity (Wildman–Crippen MR) is 111 cm³/mol. The Kier molecular flexibility index (Phi) is 4.46. The van der Waals surface area contributed by atoms with Crippen LogP contribution in [0.3, 0.4) is 0 Å². The van der Waals surface area contributed by atoms with Crippen molar-refractivity contribution in [2.45, 2.75) is 12.5 Å². The molecule has 0 bridgehead atoms. The van der Waals surface area contributed by atoms with Crippen molar-refractivity contribution in [3.05, 3.63) is 42.2 Å². The van der Waals surface area contributed by atoms with Crippen LogP contribution in [0.15, 0.2) is 36.7 Å². The normalized spacial score (nSPS) is 15.7. The lowest BCUT2D eigenvalue weighted by Crippen LogP contribution is -2.41. The van der Waals surface area contributed by atoms with E-state index in [1.165, 1.54) is 0 Å². The molecule has 3 aromatic rings. The summed E-state index contributed by atoms with van der Waals surface area (Å²) in [5, 5.41) is 8.32. The van der Waals surface area contributed by atoms with Crippen LogP contribution in [0, 0.1) is 0 Å². The maximum absolute atomic E-state index is 11.3. The summed E-state index contributed by atoms with van der Waals surface area (Å²) in [4.78, 5) is 28.5. The van der Waals surface area contributed by atoms with Gasteiger partial charge < -0.3 is 20.4 Å². The Balaban J connectivity index is 1.71. The highest BCUT2D eigenvalue weighted by atomic mass is 16.2. The Bertz CT molecular complexity index is 1040. The molecule has 1 atom stereocenters. The number of pyridine rings is 1. The van der Waals surface area contributed by atoms with Crippen molar-refractivity contribution in [2.24, 2.45) is 0 Å². The predicted octanol–water partition coefficient (Wildman–Crippen LogP) is 2.46. The van der Waals surface area contributed by atoms with Crippen LogP contribution < -0.4 is 20.4 Å². The van der Waals surface area contributed by atoms with Crippen LogP contribution >= 0.6 is 0 Å². The standard InChI is InChI=1S/C20H23N7O/c1-26(2)16-8-13(15-10-19(28)23-15)7-12-9-18(22-11-14(12)16)24-17-5-6-21-20(25-17)27(3)4/h5-9,11,15H,10H2,1-4H3,(H,23,28)(H,21,22,24,25). The third kappa shape index (κ3) is 3.40. The van der Waals surface area contributed by atoms with Gasteiger partial charge in [-0.15, -0.1) is 0 Å². The first kappa shape index (κ1) is 18.0.